The Balaban J connectivity index is 1.78. The number of rotatable bonds is 6. The fourth-order valence-electron chi connectivity index (χ4n) is 3.84. The normalized spacial score (nSPS) is 31.0. The first kappa shape index (κ1) is 18.2. The van der Waals surface area contributed by atoms with Crippen LogP contribution in [0.1, 0.15) is 54.4 Å². The van der Waals surface area contributed by atoms with Crippen LogP contribution in [0.15, 0.2) is 0 Å². The molecular weight excluding hydrogens is 276 g/mol. The first-order valence-electron chi connectivity index (χ1n) is 8.80. The summed E-state index contributed by atoms with van der Waals surface area (Å²) in [5, 5.41) is 13.4. The van der Waals surface area contributed by atoms with Gasteiger partial charge in [0.1, 0.15) is 0 Å². The molecule has 2 bridgehead atoms. The number of nitrogens with zero attached hydrogens (tertiary/aromatic N) is 1. The molecule has 4 heteroatoms. The maximum Gasteiger partial charge on any atom is 0.0997 e. The standard InChI is InChI=1S/C18H36N2O2/c1-17(2,3)8-15(11-21)19-16-13-7-14(16)10-20(9-13)12-22-18(4,5)6/h13-16,19,21H,7-12H2,1-6H3/t13?,14?,15-,16?/m1/s1. The minimum atomic E-state index is -0.0615. The van der Waals surface area contributed by atoms with Gasteiger partial charge in [0, 0.05) is 25.2 Å². The van der Waals surface area contributed by atoms with E-state index >= 15 is 0 Å². The van der Waals surface area contributed by atoms with E-state index in [-0.39, 0.29) is 23.7 Å². The lowest BCUT2D eigenvalue weighted by molar-refractivity contribution is -0.113. The number of ether oxygens (including phenoxy) is 1. The molecule has 1 saturated carbocycles. The third kappa shape index (κ3) is 5.19. The molecule has 2 heterocycles. The Bertz CT molecular complexity index is 347. The molecule has 0 aromatic heterocycles. The molecule has 2 unspecified atom stereocenters. The molecule has 3 fully saturated rings. The van der Waals surface area contributed by atoms with Crippen molar-refractivity contribution < 1.29 is 9.84 Å². The van der Waals surface area contributed by atoms with E-state index < -0.39 is 0 Å². The zero-order chi connectivity index (χ0) is 16.5. The highest BCUT2D eigenvalue weighted by Crippen LogP contribution is 2.40. The molecule has 0 amide bonds. The SMILES string of the molecule is CC(C)(C)C[C@H](CO)NC1C2CC1CN(COC(C)(C)C)C2. The quantitative estimate of drug-likeness (QED) is 0.791. The minimum absolute atomic E-state index is 0.0615. The van der Waals surface area contributed by atoms with E-state index in [1.807, 2.05) is 0 Å². The number of nitrogens with one attached hydrogen (secondary N) is 1. The van der Waals surface area contributed by atoms with E-state index in [2.05, 4.69) is 51.8 Å². The van der Waals surface area contributed by atoms with Gasteiger partial charge in [-0.05, 0) is 50.9 Å². The molecule has 3 atom stereocenters. The van der Waals surface area contributed by atoms with Crippen molar-refractivity contribution in [2.75, 3.05) is 26.4 Å². The Hall–Kier alpha value is -0.160. The summed E-state index contributed by atoms with van der Waals surface area (Å²) in [5.41, 5.74) is 0.194. The van der Waals surface area contributed by atoms with E-state index in [1.165, 1.54) is 6.42 Å². The number of hydrogen-bond acceptors (Lipinski definition) is 4. The van der Waals surface area contributed by atoms with Gasteiger partial charge in [-0.3, -0.25) is 4.90 Å². The minimum Gasteiger partial charge on any atom is -0.395 e. The molecule has 22 heavy (non-hydrogen) atoms. The van der Waals surface area contributed by atoms with E-state index in [4.69, 9.17) is 4.74 Å². The van der Waals surface area contributed by atoms with Crippen LogP contribution >= 0.6 is 0 Å². The summed E-state index contributed by atoms with van der Waals surface area (Å²) in [5.74, 6) is 1.44. The molecule has 130 valence electrons. The fraction of sp³-hybridized carbons (Fsp3) is 1.00. The van der Waals surface area contributed by atoms with Crippen molar-refractivity contribution in [2.24, 2.45) is 17.3 Å². The first-order chi connectivity index (χ1) is 10.1. The third-order valence-electron chi connectivity index (χ3n) is 4.79. The van der Waals surface area contributed by atoms with Crippen molar-refractivity contribution in [3.8, 4) is 0 Å². The van der Waals surface area contributed by atoms with Crippen molar-refractivity contribution >= 4 is 0 Å². The molecule has 3 rings (SSSR count). The summed E-state index contributed by atoms with van der Waals surface area (Å²) in [6, 6.07) is 0.818. The molecular formula is C18H36N2O2. The zero-order valence-corrected chi connectivity index (χ0v) is 15.4. The second kappa shape index (κ2) is 6.76. The summed E-state index contributed by atoms with van der Waals surface area (Å²) >= 11 is 0. The molecule has 0 radical (unpaired) electrons. The lowest BCUT2D eigenvalue weighted by Gasteiger charge is -2.55. The maximum atomic E-state index is 9.65. The van der Waals surface area contributed by atoms with Gasteiger partial charge >= 0.3 is 0 Å². The molecule has 3 aliphatic rings. The van der Waals surface area contributed by atoms with Crippen molar-refractivity contribution in [2.45, 2.75) is 72.1 Å². The van der Waals surface area contributed by atoms with Gasteiger partial charge in [-0.25, -0.2) is 0 Å². The Morgan fingerprint density at radius 1 is 1.14 bits per heavy atom. The maximum absolute atomic E-state index is 9.65. The van der Waals surface area contributed by atoms with Crippen molar-refractivity contribution in [3.05, 3.63) is 0 Å². The van der Waals surface area contributed by atoms with Crippen LogP contribution in [0, 0.1) is 17.3 Å². The molecule has 0 aromatic rings. The third-order valence-corrected chi connectivity index (χ3v) is 4.79. The molecule has 0 aromatic carbocycles. The number of aliphatic hydroxyl groups is 1. The van der Waals surface area contributed by atoms with Gasteiger partial charge in [0.05, 0.1) is 18.9 Å². The highest BCUT2D eigenvalue weighted by Gasteiger charge is 2.47. The predicted octanol–water partition coefficient (Wildman–Crippen LogP) is 2.47. The van der Waals surface area contributed by atoms with Crippen LogP contribution in [-0.4, -0.2) is 54.1 Å². The van der Waals surface area contributed by atoms with Crippen LogP contribution < -0.4 is 5.32 Å². The van der Waals surface area contributed by atoms with E-state index in [0.717, 1.165) is 38.1 Å². The molecule has 1 aliphatic carbocycles. The monoisotopic (exact) mass is 312 g/mol. The van der Waals surface area contributed by atoms with Crippen LogP contribution in [0.25, 0.3) is 0 Å². The van der Waals surface area contributed by atoms with Crippen LogP contribution in [0.5, 0.6) is 0 Å². The van der Waals surface area contributed by atoms with Gasteiger partial charge in [0.25, 0.3) is 0 Å². The van der Waals surface area contributed by atoms with Crippen LogP contribution in [-0.2, 0) is 4.74 Å². The Labute approximate surface area is 136 Å². The lowest BCUT2D eigenvalue weighted by Crippen LogP contribution is -2.65. The van der Waals surface area contributed by atoms with Crippen LogP contribution in [0.2, 0.25) is 0 Å². The van der Waals surface area contributed by atoms with E-state index in [1.54, 1.807) is 0 Å². The Morgan fingerprint density at radius 2 is 1.73 bits per heavy atom. The van der Waals surface area contributed by atoms with Crippen LogP contribution in [0.3, 0.4) is 0 Å². The zero-order valence-electron chi connectivity index (χ0n) is 15.4. The smallest absolute Gasteiger partial charge is 0.0997 e. The Morgan fingerprint density at radius 3 is 2.18 bits per heavy atom. The summed E-state index contributed by atoms with van der Waals surface area (Å²) in [7, 11) is 0. The van der Waals surface area contributed by atoms with Crippen molar-refractivity contribution in [3.63, 3.8) is 0 Å². The fourth-order valence-corrected chi connectivity index (χ4v) is 3.84. The van der Waals surface area contributed by atoms with Gasteiger partial charge in [0.2, 0.25) is 0 Å². The Kier molecular flexibility index (Phi) is 5.59. The average molecular weight is 312 g/mol. The van der Waals surface area contributed by atoms with Crippen LogP contribution in [0.4, 0.5) is 0 Å². The lowest BCUT2D eigenvalue weighted by atomic mass is 9.66. The number of aliphatic hydroxyl groups excluding tert-OH is 1. The highest BCUT2D eigenvalue weighted by molar-refractivity contribution is 5.02. The predicted molar refractivity (Wildman–Crippen MR) is 90.7 cm³/mol. The second-order valence-corrected chi connectivity index (χ2v) is 9.51. The van der Waals surface area contributed by atoms with E-state index in [9.17, 15) is 5.11 Å². The number of hydrogen-bond donors (Lipinski definition) is 2. The first-order valence-corrected chi connectivity index (χ1v) is 8.80. The average Bonchev–Trinajstić information content (AvgIpc) is 2.39. The van der Waals surface area contributed by atoms with Crippen molar-refractivity contribution in [1.82, 2.24) is 10.2 Å². The molecule has 4 nitrogen and oxygen atoms in total. The molecule has 2 saturated heterocycles. The molecule has 2 N–H and O–H groups in total. The highest BCUT2D eigenvalue weighted by atomic mass is 16.5. The topological polar surface area (TPSA) is 44.7 Å². The van der Waals surface area contributed by atoms with E-state index in [0.29, 0.717) is 6.04 Å². The molecule has 0 spiro atoms. The summed E-state index contributed by atoms with van der Waals surface area (Å²) in [4.78, 5) is 2.44. The second-order valence-electron chi connectivity index (χ2n) is 9.51. The molecule has 2 aliphatic heterocycles. The van der Waals surface area contributed by atoms with Gasteiger partial charge in [-0.1, -0.05) is 20.8 Å². The summed E-state index contributed by atoms with van der Waals surface area (Å²) in [6.07, 6.45) is 2.35. The van der Waals surface area contributed by atoms with Gasteiger partial charge in [-0.2, -0.15) is 0 Å². The largest absolute Gasteiger partial charge is 0.395 e. The number of fused-ring (bicyclic) bond motifs is 2. The summed E-state index contributed by atoms with van der Waals surface area (Å²) < 4.78 is 5.91. The van der Waals surface area contributed by atoms with Gasteiger partial charge < -0.3 is 15.2 Å². The van der Waals surface area contributed by atoms with Gasteiger partial charge in [0.15, 0.2) is 0 Å². The van der Waals surface area contributed by atoms with Crippen molar-refractivity contribution in [1.29, 1.82) is 0 Å². The number of piperidine rings is 2. The summed E-state index contributed by atoms with van der Waals surface area (Å²) in [6.45, 7) is 16.3. The van der Waals surface area contributed by atoms with Gasteiger partial charge in [-0.15, -0.1) is 0 Å².